The monoisotopic (exact) mass is 258 g/mol. The predicted molar refractivity (Wildman–Crippen MR) is 70.5 cm³/mol. The Hall–Kier alpha value is -0.490. The van der Waals surface area contributed by atoms with E-state index in [2.05, 4.69) is 17.2 Å². The lowest BCUT2D eigenvalue weighted by Gasteiger charge is -2.11. The van der Waals surface area contributed by atoms with E-state index in [1.54, 1.807) is 11.3 Å². The molecule has 0 bridgehead atoms. The molecule has 0 saturated heterocycles. The molecular formula is C12H22N2O2S. The van der Waals surface area contributed by atoms with E-state index in [4.69, 9.17) is 4.74 Å². The van der Waals surface area contributed by atoms with Gasteiger partial charge in [-0.1, -0.05) is 6.92 Å². The summed E-state index contributed by atoms with van der Waals surface area (Å²) in [7, 11) is 0. The molecule has 0 amide bonds. The third-order valence-corrected chi connectivity index (χ3v) is 3.43. The van der Waals surface area contributed by atoms with Crippen molar-refractivity contribution in [3.63, 3.8) is 0 Å². The Morgan fingerprint density at radius 3 is 3.06 bits per heavy atom. The van der Waals surface area contributed by atoms with Crippen LogP contribution in [-0.2, 0) is 11.2 Å². The standard InChI is InChI=1S/C12H22N2O2S/c1-3-5-13-7-11(15)8-16-6-4-12-10(2)14-9-17-12/h9,11,13,15H,3-8H2,1-2H3. The van der Waals surface area contributed by atoms with Gasteiger partial charge in [-0.05, 0) is 19.9 Å². The van der Waals surface area contributed by atoms with Crippen LogP contribution in [0.3, 0.4) is 0 Å². The summed E-state index contributed by atoms with van der Waals surface area (Å²) >= 11 is 1.66. The van der Waals surface area contributed by atoms with Crippen molar-refractivity contribution in [3.8, 4) is 0 Å². The van der Waals surface area contributed by atoms with Crippen molar-refractivity contribution < 1.29 is 9.84 Å². The van der Waals surface area contributed by atoms with Crippen LogP contribution in [0.5, 0.6) is 0 Å². The largest absolute Gasteiger partial charge is 0.389 e. The van der Waals surface area contributed by atoms with Crippen molar-refractivity contribution >= 4 is 11.3 Å². The van der Waals surface area contributed by atoms with Crippen LogP contribution in [0, 0.1) is 6.92 Å². The van der Waals surface area contributed by atoms with E-state index in [0.717, 1.165) is 25.1 Å². The number of nitrogens with one attached hydrogen (secondary N) is 1. The Bertz CT molecular complexity index is 304. The molecule has 0 saturated carbocycles. The third-order valence-electron chi connectivity index (χ3n) is 2.44. The second kappa shape index (κ2) is 8.58. The molecule has 17 heavy (non-hydrogen) atoms. The fourth-order valence-electron chi connectivity index (χ4n) is 1.45. The van der Waals surface area contributed by atoms with E-state index < -0.39 is 6.10 Å². The maximum absolute atomic E-state index is 9.59. The van der Waals surface area contributed by atoms with Crippen LogP contribution < -0.4 is 5.32 Å². The first-order chi connectivity index (χ1) is 8.24. The van der Waals surface area contributed by atoms with E-state index in [1.807, 2.05) is 12.4 Å². The lowest BCUT2D eigenvalue weighted by atomic mass is 10.3. The van der Waals surface area contributed by atoms with Crippen LogP contribution in [0.2, 0.25) is 0 Å². The Kier molecular flexibility index (Phi) is 7.35. The number of aliphatic hydroxyl groups excluding tert-OH is 1. The Morgan fingerprint density at radius 1 is 1.59 bits per heavy atom. The number of aliphatic hydroxyl groups is 1. The zero-order chi connectivity index (χ0) is 12.5. The first-order valence-electron chi connectivity index (χ1n) is 6.09. The van der Waals surface area contributed by atoms with E-state index in [-0.39, 0.29) is 0 Å². The fourth-order valence-corrected chi connectivity index (χ4v) is 2.22. The number of hydrogen-bond acceptors (Lipinski definition) is 5. The predicted octanol–water partition coefficient (Wildman–Crippen LogP) is 1.37. The Labute approximate surface area is 107 Å². The summed E-state index contributed by atoms with van der Waals surface area (Å²) in [6, 6.07) is 0. The molecule has 5 heteroatoms. The number of ether oxygens (including phenoxy) is 1. The van der Waals surface area contributed by atoms with Crippen molar-refractivity contribution in [3.05, 3.63) is 16.1 Å². The summed E-state index contributed by atoms with van der Waals surface area (Å²) in [4.78, 5) is 5.45. The summed E-state index contributed by atoms with van der Waals surface area (Å²) in [5.41, 5.74) is 2.94. The van der Waals surface area contributed by atoms with Crippen molar-refractivity contribution in [2.24, 2.45) is 0 Å². The van der Waals surface area contributed by atoms with E-state index in [0.29, 0.717) is 19.8 Å². The molecule has 98 valence electrons. The van der Waals surface area contributed by atoms with Gasteiger partial charge in [0.2, 0.25) is 0 Å². The van der Waals surface area contributed by atoms with Crippen LogP contribution in [0.25, 0.3) is 0 Å². The molecule has 4 nitrogen and oxygen atoms in total. The van der Waals surface area contributed by atoms with E-state index in [1.165, 1.54) is 4.88 Å². The quantitative estimate of drug-likeness (QED) is 0.657. The summed E-state index contributed by atoms with van der Waals surface area (Å²) in [6.07, 6.45) is 1.55. The van der Waals surface area contributed by atoms with E-state index in [9.17, 15) is 5.11 Å². The zero-order valence-electron chi connectivity index (χ0n) is 10.6. The van der Waals surface area contributed by atoms with Crippen molar-refractivity contribution in [2.75, 3.05) is 26.3 Å². The van der Waals surface area contributed by atoms with Crippen LogP contribution >= 0.6 is 11.3 Å². The highest BCUT2D eigenvalue weighted by atomic mass is 32.1. The molecule has 0 aliphatic carbocycles. The highest BCUT2D eigenvalue weighted by molar-refractivity contribution is 7.09. The molecule has 0 radical (unpaired) electrons. The Balaban J connectivity index is 2.02. The fraction of sp³-hybridized carbons (Fsp3) is 0.750. The normalized spacial score (nSPS) is 12.9. The molecule has 1 aromatic rings. The van der Waals surface area contributed by atoms with Crippen molar-refractivity contribution in [1.29, 1.82) is 0 Å². The van der Waals surface area contributed by atoms with Gasteiger partial charge in [-0.25, -0.2) is 4.98 Å². The number of thiazole rings is 1. The highest BCUT2D eigenvalue weighted by Crippen LogP contribution is 2.12. The van der Waals surface area contributed by atoms with Gasteiger partial charge in [0.1, 0.15) is 0 Å². The minimum absolute atomic E-state index is 0.397. The van der Waals surface area contributed by atoms with Gasteiger partial charge in [0.25, 0.3) is 0 Å². The lowest BCUT2D eigenvalue weighted by Crippen LogP contribution is -2.31. The van der Waals surface area contributed by atoms with Crippen LogP contribution in [0.1, 0.15) is 23.9 Å². The molecule has 1 atom stereocenters. The van der Waals surface area contributed by atoms with Crippen molar-refractivity contribution in [1.82, 2.24) is 10.3 Å². The molecule has 2 N–H and O–H groups in total. The maximum atomic E-state index is 9.59. The highest BCUT2D eigenvalue weighted by Gasteiger charge is 2.04. The van der Waals surface area contributed by atoms with Crippen LogP contribution in [0.15, 0.2) is 5.51 Å². The molecule has 0 aliphatic rings. The first kappa shape index (κ1) is 14.6. The number of hydrogen-bond donors (Lipinski definition) is 2. The molecule has 0 fully saturated rings. The number of aromatic nitrogens is 1. The maximum Gasteiger partial charge on any atom is 0.0897 e. The summed E-state index contributed by atoms with van der Waals surface area (Å²) in [5, 5.41) is 12.8. The number of aryl methyl sites for hydroxylation is 1. The van der Waals surface area contributed by atoms with Gasteiger partial charge in [0.05, 0.1) is 30.5 Å². The number of nitrogens with zero attached hydrogens (tertiary/aromatic N) is 1. The van der Waals surface area contributed by atoms with Gasteiger partial charge in [0.15, 0.2) is 0 Å². The average molecular weight is 258 g/mol. The minimum atomic E-state index is -0.413. The second-order valence-electron chi connectivity index (χ2n) is 4.04. The summed E-state index contributed by atoms with van der Waals surface area (Å²) in [5.74, 6) is 0. The Morgan fingerprint density at radius 2 is 2.41 bits per heavy atom. The topological polar surface area (TPSA) is 54.4 Å². The van der Waals surface area contributed by atoms with Crippen LogP contribution in [0.4, 0.5) is 0 Å². The first-order valence-corrected chi connectivity index (χ1v) is 6.97. The van der Waals surface area contributed by atoms with Crippen molar-refractivity contribution in [2.45, 2.75) is 32.8 Å². The lowest BCUT2D eigenvalue weighted by molar-refractivity contribution is 0.0386. The smallest absolute Gasteiger partial charge is 0.0897 e. The van der Waals surface area contributed by atoms with Gasteiger partial charge >= 0.3 is 0 Å². The molecule has 0 spiro atoms. The summed E-state index contributed by atoms with van der Waals surface area (Å²) < 4.78 is 5.44. The second-order valence-corrected chi connectivity index (χ2v) is 4.98. The molecular weight excluding hydrogens is 236 g/mol. The summed E-state index contributed by atoms with van der Waals surface area (Å²) in [6.45, 7) is 6.70. The van der Waals surface area contributed by atoms with Gasteiger partial charge in [-0.2, -0.15) is 0 Å². The third kappa shape index (κ3) is 6.12. The number of rotatable bonds is 9. The average Bonchev–Trinajstić information content (AvgIpc) is 2.71. The van der Waals surface area contributed by atoms with Gasteiger partial charge in [-0.3, -0.25) is 0 Å². The van der Waals surface area contributed by atoms with Gasteiger partial charge < -0.3 is 15.2 Å². The minimum Gasteiger partial charge on any atom is -0.389 e. The van der Waals surface area contributed by atoms with Gasteiger partial charge in [-0.15, -0.1) is 11.3 Å². The molecule has 1 heterocycles. The SMILES string of the molecule is CCCNCC(O)COCCc1scnc1C. The van der Waals surface area contributed by atoms with E-state index >= 15 is 0 Å². The zero-order valence-corrected chi connectivity index (χ0v) is 11.4. The molecule has 0 aromatic carbocycles. The van der Waals surface area contributed by atoms with Gasteiger partial charge in [0, 0.05) is 17.8 Å². The molecule has 1 aromatic heterocycles. The molecule has 1 rings (SSSR count). The molecule has 1 unspecified atom stereocenters. The van der Waals surface area contributed by atoms with Crippen LogP contribution in [-0.4, -0.2) is 42.5 Å². The molecule has 0 aliphatic heterocycles.